The Labute approximate surface area is 138 Å². The van der Waals surface area contributed by atoms with E-state index in [4.69, 9.17) is 0 Å². The molecule has 2 aromatic rings. The molecule has 23 heavy (non-hydrogen) atoms. The molecule has 0 amide bonds. The standard InChI is InChI=1S/C19H26N4/c1-14-11-18(13-23(14)19-7-8-19)21-17-5-3-16(4-6-17)12-22-10-9-20-15(22)2/h3-6,9-10,14,18-19,21H,7-8,11-13H2,1-2H3/t14-,18+/m0/s1. The molecule has 1 aromatic heterocycles. The second-order valence-electron chi connectivity index (χ2n) is 7.15. The Hall–Kier alpha value is -1.81. The summed E-state index contributed by atoms with van der Waals surface area (Å²) in [6.07, 6.45) is 7.96. The number of nitrogens with one attached hydrogen (secondary N) is 1. The van der Waals surface area contributed by atoms with Crippen LogP contribution >= 0.6 is 0 Å². The highest BCUT2D eigenvalue weighted by molar-refractivity contribution is 5.46. The lowest BCUT2D eigenvalue weighted by Gasteiger charge is -2.20. The summed E-state index contributed by atoms with van der Waals surface area (Å²) in [7, 11) is 0. The van der Waals surface area contributed by atoms with Crippen molar-refractivity contribution in [2.24, 2.45) is 0 Å². The van der Waals surface area contributed by atoms with Crippen molar-refractivity contribution in [3.05, 3.63) is 48.0 Å². The lowest BCUT2D eigenvalue weighted by Crippen LogP contribution is -2.30. The maximum Gasteiger partial charge on any atom is 0.105 e. The molecule has 1 saturated carbocycles. The number of likely N-dealkylation sites (tertiary alicyclic amines) is 1. The second kappa shape index (κ2) is 6.00. The molecule has 2 aliphatic rings. The Kier molecular flexibility index (Phi) is 3.85. The minimum absolute atomic E-state index is 0.590. The van der Waals surface area contributed by atoms with Gasteiger partial charge in [-0.1, -0.05) is 12.1 Å². The van der Waals surface area contributed by atoms with E-state index in [9.17, 15) is 0 Å². The lowest BCUT2D eigenvalue weighted by molar-refractivity contribution is 0.257. The van der Waals surface area contributed by atoms with Crippen LogP contribution in [0.15, 0.2) is 36.7 Å². The third-order valence-electron chi connectivity index (χ3n) is 5.24. The summed E-state index contributed by atoms with van der Waals surface area (Å²) in [6.45, 7) is 6.50. The van der Waals surface area contributed by atoms with Crippen LogP contribution in [0.25, 0.3) is 0 Å². The van der Waals surface area contributed by atoms with E-state index in [0.29, 0.717) is 6.04 Å². The Morgan fingerprint density at radius 3 is 2.65 bits per heavy atom. The highest BCUT2D eigenvalue weighted by atomic mass is 15.3. The normalized spacial score (nSPS) is 25.0. The van der Waals surface area contributed by atoms with Crippen molar-refractivity contribution in [1.82, 2.24) is 14.5 Å². The fraction of sp³-hybridized carbons (Fsp3) is 0.526. The molecule has 1 aliphatic heterocycles. The van der Waals surface area contributed by atoms with Crippen LogP contribution in [0.1, 0.15) is 37.6 Å². The number of imidazole rings is 1. The van der Waals surface area contributed by atoms with Crippen molar-refractivity contribution >= 4 is 5.69 Å². The van der Waals surface area contributed by atoms with Gasteiger partial charge in [-0.2, -0.15) is 0 Å². The Balaban J connectivity index is 1.36. The van der Waals surface area contributed by atoms with Gasteiger partial charge in [-0.3, -0.25) is 4.90 Å². The number of benzene rings is 1. The smallest absolute Gasteiger partial charge is 0.105 e. The molecule has 1 aromatic carbocycles. The van der Waals surface area contributed by atoms with Crippen molar-refractivity contribution < 1.29 is 0 Å². The average Bonchev–Trinajstić information content (AvgIpc) is 3.21. The predicted octanol–water partition coefficient (Wildman–Crippen LogP) is 3.28. The fourth-order valence-corrected chi connectivity index (χ4v) is 3.79. The van der Waals surface area contributed by atoms with Crippen LogP contribution in [0.5, 0.6) is 0 Å². The maximum absolute atomic E-state index is 4.28. The topological polar surface area (TPSA) is 33.1 Å². The zero-order valence-electron chi connectivity index (χ0n) is 14.1. The van der Waals surface area contributed by atoms with Gasteiger partial charge in [0.1, 0.15) is 5.82 Å². The minimum Gasteiger partial charge on any atom is -0.381 e. The molecule has 1 saturated heterocycles. The third kappa shape index (κ3) is 3.27. The summed E-state index contributed by atoms with van der Waals surface area (Å²) in [6, 6.07) is 11.1. The molecule has 2 fully saturated rings. The number of nitrogens with zero attached hydrogens (tertiary/aromatic N) is 3. The van der Waals surface area contributed by atoms with Crippen molar-refractivity contribution in [2.75, 3.05) is 11.9 Å². The van der Waals surface area contributed by atoms with Crippen LogP contribution in [-0.4, -0.2) is 39.1 Å². The Morgan fingerprint density at radius 1 is 1.22 bits per heavy atom. The lowest BCUT2D eigenvalue weighted by atomic mass is 10.1. The zero-order chi connectivity index (χ0) is 15.8. The highest BCUT2D eigenvalue weighted by Crippen LogP contribution is 2.34. The van der Waals surface area contributed by atoms with Crippen molar-refractivity contribution in [1.29, 1.82) is 0 Å². The van der Waals surface area contributed by atoms with Crippen LogP contribution in [0, 0.1) is 6.92 Å². The van der Waals surface area contributed by atoms with E-state index in [2.05, 4.69) is 51.0 Å². The van der Waals surface area contributed by atoms with E-state index in [1.54, 1.807) is 0 Å². The second-order valence-corrected chi connectivity index (χ2v) is 7.15. The molecule has 4 nitrogen and oxygen atoms in total. The van der Waals surface area contributed by atoms with E-state index in [0.717, 1.165) is 24.5 Å². The van der Waals surface area contributed by atoms with Crippen LogP contribution in [-0.2, 0) is 6.54 Å². The van der Waals surface area contributed by atoms with Crippen molar-refractivity contribution in [3.63, 3.8) is 0 Å². The minimum atomic E-state index is 0.590. The fourth-order valence-electron chi connectivity index (χ4n) is 3.79. The van der Waals surface area contributed by atoms with Gasteiger partial charge in [-0.25, -0.2) is 4.98 Å². The molecule has 2 atom stereocenters. The summed E-state index contributed by atoms with van der Waals surface area (Å²) in [5.41, 5.74) is 2.56. The molecule has 0 spiro atoms. The quantitative estimate of drug-likeness (QED) is 0.920. The first-order valence-corrected chi connectivity index (χ1v) is 8.78. The third-order valence-corrected chi connectivity index (χ3v) is 5.24. The first-order chi connectivity index (χ1) is 11.2. The van der Waals surface area contributed by atoms with E-state index in [-0.39, 0.29) is 0 Å². The van der Waals surface area contributed by atoms with E-state index in [1.165, 1.54) is 37.1 Å². The number of anilines is 1. The summed E-state index contributed by atoms with van der Waals surface area (Å²) >= 11 is 0. The molecule has 1 aliphatic carbocycles. The number of rotatable bonds is 5. The van der Waals surface area contributed by atoms with Crippen LogP contribution < -0.4 is 5.32 Å². The van der Waals surface area contributed by atoms with Gasteiger partial charge in [0.2, 0.25) is 0 Å². The molecule has 4 heteroatoms. The molecular formula is C19H26N4. The Morgan fingerprint density at radius 2 is 2.00 bits per heavy atom. The van der Waals surface area contributed by atoms with E-state index in [1.807, 2.05) is 19.3 Å². The van der Waals surface area contributed by atoms with Gasteiger partial charge in [0.25, 0.3) is 0 Å². The average molecular weight is 310 g/mol. The summed E-state index contributed by atoms with van der Waals surface area (Å²) < 4.78 is 2.18. The summed E-state index contributed by atoms with van der Waals surface area (Å²) in [5, 5.41) is 3.72. The largest absolute Gasteiger partial charge is 0.381 e. The molecular weight excluding hydrogens is 284 g/mol. The van der Waals surface area contributed by atoms with Crippen LogP contribution in [0.2, 0.25) is 0 Å². The SMILES string of the molecule is Cc1nccn1Cc1ccc(N[C@@H]2C[C@H](C)N(C3CC3)C2)cc1. The van der Waals surface area contributed by atoms with Gasteiger partial charge in [-0.15, -0.1) is 0 Å². The van der Waals surface area contributed by atoms with E-state index >= 15 is 0 Å². The number of aryl methyl sites for hydroxylation is 1. The van der Waals surface area contributed by atoms with Gasteiger partial charge in [-0.05, 0) is 50.8 Å². The van der Waals surface area contributed by atoms with Crippen molar-refractivity contribution in [2.45, 2.75) is 57.8 Å². The monoisotopic (exact) mass is 310 g/mol. The first kappa shape index (κ1) is 14.8. The number of aromatic nitrogens is 2. The van der Waals surface area contributed by atoms with Crippen LogP contribution in [0.3, 0.4) is 0 Å². The molecule has 1 N–H and O–H groups in total. The molecule has 0 unspecified atom stereocenters. The molecule has 0 radical (unpaired) electrons. The van der Waals surface area contributed by atoms with Crippen molar-refractivity contribution in [3.8, 4) is 0 Å². The maximum atomic E-state index is 4.28. The summed E-state index contributed by atoms with van der Waals surface area (Å²) in [5.74, 6) is 1.06. The number of hydrogen-bond donors (Lipinski definition) is 1. The molecule has 4 rings (SSSR count). The first-order valence-electron chi connectivity index (χ1n) is 8.78. The molecule has 0 bridgehead atoms. The van der Waals surface area contributed by atoms with Gasteiger partial charge < -0.3 is 9.88 Å². The van der Waals surface area contributed by atoms with Gasteiger partial charge in [0.05, 0.1) is 0 Å². The predicted molar refractivity (Wildman–Crippen MR) is 93.7 cm³/mol. The Bertz CT molecular complexity index is 656. The van der Waals surface area contributed by atoms with Gasteiger partial charge >= 0.3 is 0 Å². The summed E-state index contributed by atoms with van der Waals surface area (Å²) in [4.78, 5) is 6.97. The van der Waals surface area contributed by atoms with Gasteiger partial charge in [0, 0.05) is 49.3 Å². The highest BCUT2D eigenvalue weighted by Gasteiger charge is 2.38. The number of hydrogen-bond acceptors (Lipinski definition) is 3. The van der Waals surface area contributed by atoms with Crippen LogP contribution in [0.4, 0.5) is 5.69 Å². The zero-order valence-corrected chi connectivity index (χ0v) is 14.1. The van der Waals surface area contributed by atoms with Gasteiger partial charge in [0.15, 0.2) is 0 Å². The molecule has 2 heterocycles. The van der Waals surface area contributed by atoms with E-state index < -0.39 is 0 Å². The molecule has 122 valence electrons.